The van der Waals surface area contributed by atoms with E-state index in [-0.39, 0.29) is 0 Å². The average Bonchev–Trinajstić information content (AvgIpc) is 2.45. The molecule has 0 spiro atoms. The first-order valence-corrected chi connectivity index (χ1v) is 6.59. The lowest BCUT2D eigenvalue weighted by Gasteiger charge is -2.11. The molecule has 0 saturated heterocycles. The summed E-state index contributed by atoms with van der Waals surface area (Å²) in [5.74, 6) is 0.905. The molecule has 0 bridgehead atoms. The maximum atomic E-state index is 5.60. The minimum absolute atomic E-state index is 0.529. The number of ether oxygens (including phenoxy) is 2. The Balaban J connectivity index is 2.24. The highest BCUT2D eigenvalue weighted by Crippen LogP contribution is 2.17. The van der Waals surface area contributed by atoms with Crippen LogP contribution in [0.4, 0.5) is 0 Å². The van der Waals surface area contributed by atoms with Gasteiger partial charge in [0.15, 0.2) is 0 Å². The van der Waals surface area contributed by atoms with Crippen molar-refractivity contribution in [2.45, 2.75) is 13.0 Å². The van der Waals surface area contributed by atoms with Crippen molar-refractivity contribution in [3.8, 4) is 5.75 Å². The van der Waals surface area contributed by atoms with Crippen molar-refractivity contribution in [3.05, 3.63) is 55.1 Å². The monoisotopic (exact) mass is 261 g/mol. The molecule has 0 radical (unpaired) electrons. The van der Waals surface area contributed by atoms with Crippen LogP contribution in [0.1, 0.15) is 12.0 Å². The molecule has 0 heterocycles. The smallest absolute Gasteiger partial charge is 0.124 e. The molecule has 19 heavy (non-hydrogen) atoms. The van der Waals surface area contributed by atoms with Gasteiger partial charge in [-0.15, -0.1) is 6.58 Å². The molecule has 0 aliphatic rings. The number of hydrogen-bond acceptors (Lipinski definition) is 3. The Labute approximate surface area is 115 Å². The van der Waals surface area contributed by atoms with Gasteiger partial charge in [-0.25, -0.2) is 0 Å². The molecule has 0 aliphatic carbocycles. The maximum absolute atomic E-state index is 5.60. The van der Waals surface area contributed by atoms with E-state index >= 15 is 0 Å². The van der Waals surface area contributed by atoms with E-state index in [1.807, 2.05) is 24.3 Å². The summed E-state index contributed by atoms with van der Waals surface area (Å²) >= 11 is 0. The second-order valence-electron chi connectivity index (χ2n) is 4.07. The first-order valence-electron chi connectivity index (χ1n) is 6.59. The van der Waals surface area contributed by atoms with Gasteiger partial charge in [0.25, 0.3) is 0 Å². The molecule has 1 aromatic carbocycles. The van der Waals surface area contributed by atoms with Gasteiger partial charge in [-0.1, -0.05) is 36.9 Å². The Bertz CT molecular complexity index is 377. The van der Waals surface area contributed by atoms with E-state index in [0.29, 0.717) is 13.2 Å². The Morgan fingerprint density at radius 1 is 1.11 bits per heavy atom. The predicted octanol–water partition coefficient (Wildman–Crippen LogP) is 2.93. The average molecular weight is 261 g/mol. The van der Waals surface area contributed by atoms with E-state index in [1.54, 1.807) is 6.08 Å². The molecular formula is C16H23NO2. The molecule has 3 nitrogen and oxygen atoms in total. The molecular weight excluding hydrogens is 238 g/mol. The van der Waals surface area contributed by atoms with Gasteiger partial charge in [-0.3, -0.25) is 0 Å². The summed E-state index contributed by atoms with van der Waals surface area (Å²) < 4.78 is 11.0. The van der Waals surface area contributed by atoms with Gasteiger partial charge >= 0.3 is 0 Å². The number of hydrogen-bond donors (Lipinski definition) is 1. The molecule has 0 unspecified atom stereocenters. The first kappa shape index (κ1) is 15.5. The third-order valence-corrected chi connectivity index (χ3v) is 2.53. The van der Waals surface area contributed by atoms with Gasteiger partial charge in [-0.2, -0.15) is 0 Å². The zero-order chi connectivity index (χ0) is 13.8. The number of rotatable bonds is 11. The highest BCUT2D eigenvalue weighted by atomic mass is 16.5. The van der Waals surface area contributed by atoms with Crippen LogP contribution in [0, 0.1) is 0 Å². The van der Waals surface area contributed by atoms with Crippen LogP contribution in [0.15, 0.2) is 49.6 Å². The van der Waals surface area contributed by atoms with Crippen LogP contribution in [-0.4, -0.2) is 26.4 Å². The van der Waals surface area contributed by atoms with E-state index in [4.69, 9.17) is 9.47 Å². The van der Waals surface area contributed by atoms with Crippen LogP contribution in [0.5, 0.6) is 5.75 Å². The molecule has 0 saturated carbocycles. The SMILES string of the molecule is C=CCCOCCNCc1ccccc1OCC=C. The van der Waals surface area contributed by atoms with Gasteiger partial charge in [0.2, 0.25) is 0 Å². The summed E-state index contributed by atoms with van der Waals surface area (Å²) in [7, 11) is 0. The van der Waals surface area contributed by atoms with E-state index in [9.17, 15) is 0 Å². The third kappa shape index (κ3) is 6.79. The normalized spacial score (nSPS) is 10.1. The Kier molecular flexibility index (Phi) is 8.43. The summed E-state index contributed by atoms with van der Waals surface area (Å²) in [6, 6.07) is 8.02. The number of nitrogens with one attached hydrogen (secondary N) is 1. The highest BCUT2D eigenvalue weighted by molar-refractivity contribution is 5.33. The molecule has 104 valence electrons. The lowest BCUT2D eigenvalue weighted by atomic mass is 10.2. The quantitative estimate of drug-likeness (QED) is 0.491. The van der Waals surface area contributed by atoms with E-state index in [1.165, 1.54) is 0 Å². The van der Waals surface area contributed by atoms with Gasteiger partial charge in [0, 0.05) is 18.7 Å². The number of para-hydroxylation sites is 1. The first-order chi connectivity index (χ1) is 9.38. The molecule has 0 aromatic heterocycles. The lowest BCUT2D eigenvalue weighted by Crippen LogP contribution is -2.19. The zero-order valence-corrected chi connectivity index (χ0v) is 11.4. The molecule has 0 amide bonds. The summed E-state index contributed by atoms with van der Waals surface area (Å²) in [6.45, 7) is 10.9. The number of benzene rings is 1. The summed E-state index contributed by atoms with van der Waals surface area (Å²) in [6.07, 6.45) is 4.51. The van der Waals surface area contributed by atoms with E-state index in [2.05, 4.69) is 24.5 Å². The standard InChI is InChI=1S/C16H23NO2/c1-3-5-12-18-13-10-17-14-15-8-6-7-9-16(15)19-11-4-2/h3-4,6-9,17H,1-2,5,10-14H2. The third-order valence-electron chi connectivity index (χ3n) is 2.53. The second kappa shape index (κ2) is 10.4. The van der Waals surface area contributed by atoms with Crippen LogP contribution < -0.4 is 10.1 Å². The molecule has 0 aliphatic heterocycles. The van der Waals surface area contributed by atoms with Crippen molar-refractivity contribution in [3.63, 3.8) is 0 Å². The van der Waals surface area contributed by atoms with Crippen LogP contribution in [0.3, 0.4) is 0 Å². The fourth-order valence-corrected chi connectivity index (χ4v) is 1.58. The topological polar surface area (TPSA) is 30.5 Å². The fourth-order valence-electron chi connectivity index (χ4n) is 1.58. The Morgan fingerprint density at radius 3 is 2.74 bits per heavy atom. The summed E-state index contributed by atoms with van der Waals surface area (Å²) in [4.78, 5) is 0. The van der Waals surface area contributed by atoms with E-state index in [0.717, 1.165) is 37.4 Å². The molecule has 0 fully saturated rings. The molecule has 3 heteroatoms. The highest BCUT2D eigenvalue weighted by Gasteiger charge is 2.01. The molecule has 1 rings (SSSR count). The Hall–Kier alpha value is -1.58. The van der Waals surface area contributed by atoms with Crippen LogP contribution in [-0.2, 0) is 11.3 Å². The molecule has 0 atom stereocenters. The molecule has 1 aromatic rings. The lowest BCUT2D eigenvalue weighted by molar-refractivity contribution is 0.140. The van der Waals surface area contributed by atoms with Crippen molar-refractivity contribution >= 4 is 0 Å². The summed E-state index contributed by atoms with van der Waals surface area (Å²) in [5.41, 5.74) is 1.15. The predicted molar refractivity (Wildman–Crippen MR) is 79.5 cm³/mol. The molecule has 1 N–H and O–H groups in total. The summed E-state index contributed by atoms with van der Waals surface area (Å²) in [5, 5.41) is 3.34. The van der Waals surface area contributed by atoms with Crippen molar-refractivity contribution in [1.29, 1.82) is 0 Å². The second-order valence-corrected chi connectivity index (χ2v) is 4.07. The van der Waals surface area contributed by atoms with Gasteiger partial charge in [-0.05, 0) is 12.5 Å². The minimum Gasteiger partial charge on any atom is -0.489 e. The maximum Gasteiger partial charge on any atom is 0.124 e. The van der Waals surface area contributed by atoms with Crippen LogP contribution >= 0.6 is 0 Å². The minimum atomic E-state index is 0.529. The Morgan fingerprint density at radius 2 is 1.95 bits per heavy atom. The van der Waals surface area contributed by atoms with Crippen molar-refractivity contribution in [2.75, 3.05) is 26.4 Å². The largest absolute Gasteiger partial charge is 0.489 e. The van der Waals surface area contributed by atoms with Gasteiger partial charge in [0.05, 0.1) is 13.2 Å². The van der Waals surface area contributed by atoms with Gasteiger partial charge < -0.3 is 14.8 Å². The van der Waals surface area contributed by atoms with Crippen molar-refractivity contribution in [2.24, 2.45) is 0 Å². The zero-order valence-electron chi connectivity index (χ0n) is 11.4. The van der Waals surface area contributed by atoms with Gasteiger partial charge in [0.1, 0.15) is 12.4 Å². The fraction of sp³-hybridized carbons (Fsp3) is 0.375. The van der Waals surface area contributed by atoms with Crippen LogP contribution in [0.2, 0.25) is 0 Å². The van der Waals surface area contributed by atoms with Crippen molar-refractivity contribution < 1.29 is 9.47 Å². The van der Waals surface area contributed by atoms with Crippen LogP contribution in [0.25, 0.3) is 0 Å². The van der Waals surface area contributed by atoms with E-state index < -0.39 is 0 Å². The van der Waals surface area contributed by atoms with Crippen molar-refractivity contribution in [1.82, 2.24) is 5.32 Å².